The SMILES string of the molecule is CCCC1CN2CCCN3CCCCCCC1C32. The van der Waals surface area contributed by atoms with Gasteiger partial charge < -0.3 is 0 Å². The second-order valence-corrected chi connectivity index (χ2v) is 6.71. The van der Waals surface area contributed by atoms with Gasteiger partial charge in [0.1, 0.15) is 0 Å². The molecule has 0 aromatic rings. The van der Waals surface area contributed by atoms with Crippen molar-refractivity contribution in [2.45, 2.75) is 64.5 Å². The first-order valence-electron chi connectivity index (χ1n) is 8.38. The Morgan fingerprint density at radius 2 is 1.67 bits per heavy atom. The summed E-state index contributed by atoms with van der Waals surface area (Å²) >= 11 is 0. The average molecular weight is 250 g/mol. The van der Waals surface area contributed by atoms with Crippen molar-refractivity contribution in [1.29, 1.82) is 0 Å². The molecule has 3 aliphatic heterocycles. The highest BCUT2D eigenvalue weighted by Crippen LogP contribution is 2.40. The molecule has 0 saturated carbocycles. The fourth-order valence-electron chi connectivity index (χ4n) is 4.75. The molecule has 3 heterocycles. The zero-order chi connectivity index (χ0) is 12.4. The Labute approximate surface area is 113 Å². The molecule has 3 aliphatic rings. The van der Waals surface area contributed by atoms with Crippen LogP contribution >= 0.6 is 0 Å². The lowest BCUT2D eigenvalue weighted by Crippen LogP contribution is -2.53. The lowest BCUT2D eigenvalue weighted by atomic mass is 9.85. The first-order chi connectivity index (χ1) is 8.90. The lowest BCUT2D eigenvalue weighted by Gasteiger charge is -2.42. The monoisotopic (exact) mass is 250 g/mol. The summed E-state index contributed by atoms with van der Waals surface area (Å²) in [6.45, 7) is 7.88. The minimum Gasteiger partial charge on any atom is -0.288 e. The number of hydrogen-bond acceptors (Lipinski definition) is 2. The molecule has 3 unspecified atom stereocenters. The molecule has 0 aliphatic carbocycles. The highest BCUT2D eigenvalue weighted by Gasteiger charge is 2.44. The Morgan fingerprint density at radius 1 is 0.889 bits per heavy atom. The van der Waals surface area contributed by atoms with Crippen molar-refractivity contribution in [3.05, 3.63) is 0 Å². The van der Waals surface area contributed by atoms with Crippen molar-refractivity contribution < 1.29 is 0 Å². The Morgan fingerprint density at radius 3 is 2.56 bits per heavy atom. The van der Waals surface area contributed by atoms with E-state index in [9.17, 15) is 0 Å². The smallest absolute Gasteiger partial charge is 0.0654 e. The molecule has 104 valence electrons. The molecule has 2 heteroatoms. The van der Waals surface area contributed by atoms with Gasteiger partial charge in [-0.25, -0.2) is 0 Å². The van der Waals surface area contributed by atoms with Crippen molar-refractivity contribution >= 4 is 0 Å². The molecule has 3 saturated heterocycles. The van der Waals surface area contributed by atoms with Gasteiger partial charge in [0.2, 0.25) is 0 Å². The van der Waals surface area contributed by atoms with Crippen LogP contribution in [-0.2, 0) is 0 Å². The van der Waals surface area contributed by atoms with Gasteiger partial charge in [-0.15, -0.1) is 0 Å². The van der Waals surface area contributed by atoms with Gasteiger partial charge >= 0.3 is 0 Å². The predicted octanol–water partition coefficient (Wildman–Crippen LogP) is 3.33. The average Bonchev–Trinajstić information content (AvgIpc) is 2.76. The fraction of sp³-hybridized carbons (Fsp3) is 1.00. The lowest BCUT2D eigenvalue weighted by molar-refractivity contribution is 0.00915. The summed E-state index contributed by atoms with van der Waals surface area (Å²) in [5.74, 6) is 1.99. The van der Waals surface area contributed by atoms with E-state index in [1.54, 1.807) is 0 Å². The van der Waals surface area contributed by atoms with Gasteiger partial charge in [-0.05, 0) is 44.1 Å². The molecule has 0 aromatic carbocycles. The minimum absolute atomic E-state index is 0.827. The highest BCUT2D eigenvalue weighted by atomic mass is 15.4. The summed E-state index contributed by atoms with van der Waals surface area (Å²) in [6, 6.07) is 0. The normalized spacial score (nSPS) is 38.8. The van der Waals surface area contributed by atoms with E-state index in [2.05, 4.69) is 16.7 Å². The van der Waals surface area contributed by atoms with Crippen LogP contribution in [-0.4, -0.2) is 42.1 Å². The van der Waals surface area contributed by atoms with Gasteiger partial charge in [0.25, 0.3) is 0 Å². The molecular weight excluding hydrogens is 220 g/mol. The molecule has 2 nitrogen and oxygen atoms in total. The van der Waals surface area contributed by atoms with Crippen molar-refractivity contribution in [1.82, 2.24) is 9.80 Å². The Kier molecular flexibility index (Phi) is 4.25. The van der Waals surface area contributed by atoms with Crippen molar-refractivity contribution in [3.63, 3.8) is 0 Å². The fourth-order valence-corrected chi connectivity index (χ4v) is 4.75. The van der Waals surface area contributed by atoms with Gasteiger partial charge in [0.15, 0.2) is 0 Å². The molecule has 3 rings (SSSR count). The highest BCUT2D eigenvalue weighted by molar-refractivity contribution is 4.95. The number of hydrogen-bond donors (Lipinski definition) is 0. The standard InChI is InChI=1S/C16H30N2/c1-2-8-14-13-18-12-7-11-17-10-6-4-3-5-9-15(14)16(17)18/h14-16H,2-13H2,1H3. The molecule has 0 spiro atoms. The summed E-state index contributed by atoms with van der Waals surface area (Å²) in [5, 5.41) is 0. The van der Waals surface area contributed by atoms with Crippen LogP contribution in [0.3, 0.4) is 0 Å². The predicted molar refractivity (Wildman–Crippen MR) is 76.5 cm³/mol. The van der Waals surface area contributed by atoms with Crippen LogP contribution in [0.2, 0.25) is 0 Å². The van der Waals surface area contributed by atoms with Crippen LogP contribution in [0.25, 0.3) is 0 Å². The van der Waals surface area contributed by atoms with Crippen LogP contribution in [0.5, 0.6) is 0 Å². The molecule has 0 bridgehead atoms. The maximum absolute atomic E-state index is 2.84. The van der Waals surface area contributed by atoms with E-state index in [1.807, 2.05) is 0 Å². The summed E-state index contributed by atoms with van der Waals surface area (Å²) < 4.78 is 0. The van der Waals surface area contributed by atoms with Crippen LogP contribution in [0.4, 0.5) is 0 Å². The van der Waals surface area contributed by atoms with Crippen LogP contribution in [0, 0.1) is 11.8 Å². The van der Waals surface area contributed by atoms with Crippen molar-refractivity contribution in [3.8, 4) is 0 Å². The maximum atomic E-state index is 2.84. The minimum atomic E-state index is 0.827. The van der Waals surface area contributed by atoms with E-state index in [-0.39, 0.29) is 0 Å². The second-order valence-electron chi connectivity index (χ2n) is 6.71. The van der Waals surface area contributed by atoms with E-state index < -0.39 is 0 Å². The molecule has 0 radical (unpaired) electrons. The molecule has 0 N–H and O–H groups in total. The number of rotatable bonds is 2. The zero-order valence-electron chi connectivity index (χ0n) is 12.1. The maximum Gasteiger partial charge on any atom is 0.0654 e. The first kappa shape index (κ1) is 12.9. The molecule has 0 aromatic heterocycles. The van der Waals surface area contributed by atoms with Crippen LogP contribution in [0.1, 0.15) is 58.3 Å². The van der Waals surface area contributed by atoms with E-state index in [0.29, 0.717) is 0 Å². The van der Waals surface area contributed by atoms with Gasteiger partial charge in [0.05, 0.1) is 6.17 Å². The Hall–Kier alpha value is -0.0800. The molecule has 0 amide bonds. The Bertz CT molecular complexity index is 266. The first-order valence-corrected chi connectivity index (χ1v) is 8.38. The van der Waals surface area contributed by atoms with Gasteiger partial charge in [-0.3, -0.25) is 9.80 Å². The van der Waals surface area contributed by atoms with E-state index >= 15 is 0 Å². The summed E-state index contributed by atoms with van der Waals surface area (Å²) in [7, 11) is 0. The zero-order valence-corrected chi connectivity index (χ0v) is 12.1. The molecule has 18 heavy (non-hydrogen) atoms. The van der Waals surface area contributed by atoms with Gasteiger partial charge in [-0.1, -0.05) is 32.6 Å². The summed E-state index contributed by atoms with van der Waals surface area (Å²) in [4.78, 5) is 5.68. The van der Waals surface area contributed by atoms with Crippen LogP contribution in [0.15, 0.2) is 0 Å². The second kappa shape index (κ2) is 5.92. The molecule has 3 atom stereocenters. The van der Waals surface area contributed by atoms with Gasteiger partial charge in [0, 0.05) is 19.6 Å². The largest absolute Gasteiger partial charge is 0.288 e. The van der Waals surface area contributed by atoms with E-state index in [4.69, 9.17) is 0 Å². The van der Waals surface area contributed by atoms with Crippen molar-refractivity contribution in [2.24, 2.45) is 11.8 Å². The summed E-state index contributed by atoms with van der Waals surface area (Å²) in [5.41, 5.74) is 0. The topological polar surface area (TPSA) is 6.48 Å². The van der Waals surface area contributed by atoms with E-state index in [0.717, 1.165) is 18.0 Å². The molecular formula is C16H30N2. The third-order valence-electron chi connectivity index (χ3n) is 5.49. The van der Waals surface area contributed by atoms with Crippen molar-refractivity contribution in [2.75, 3.05) is 26.2 Å². The quantitative estimate of drug-likeness (QED) is 0.742. The van der Waals surface area contributed by atoms with Gasteiger partial charge in [-0.2, -0.15) is 0 Å². The Balaban J connectivity index is 1.78. The van der Waals surface area contributed by atoms with E-state index in [1.165, 1.54) is 77.5 Å². The summed E-state index contributed by atoms with van der Waals surface area (Å²) in [6.07, 6.45) is 12.5. The number of nitrogens with zero attached hydrogens (tertiary/aromatic N) is 2. The third-order valence-corrected chi connectivity index (χ3v) is 5.49. The molecule has 3 fully saturated rings. The van der Waals surface area contributed by atoms with Crippen LogP contribution < -0.4 is 0 Å². The third kappa shape index (κ3) is 2.46.